The molecule has 6 nitrogen and oxygen atoms in total. The summed E-state index contributed by atoms with van der Waals surface area (Å²) in [6.07, 6.45) is 1.35. The van der Waals surface area contributed by atoms with Crippen molar-refractivity contribution in [3.8, 4) is 5.75 Å². The summed E-state index contributed by atoms with van der Waals surface area (Å²) in [7, 11) is -3.74. The van der Waals surface area contributed by atoms with Crippen molar-refractivity contribution in [3.63, 3.8) is 0 Å². The van der Waals surface area contributed by atoms with Crippen molar-refractivity contribution < 1.29 is 13.3 Å². The van der Waals surface area contributed by atoms with E-state index in [4.69, 9.17) is 9.98 Å². The standard InChI is InChI=1S/C7H7N3O3S/c8-14(11,12)7-3-1-2-6-5(7)4-9-10-13-6/h1-4,10H,(H2,8,11,12). The van der Waals surface area contributed by atoms with Gasteiger partial charge < -0.3 is 4.84 Å². The Morgan fingerprint density at radius 2 is 2.21 bits per heavy atom. The van der Waals surface area contributed by atoms with Gasteiger partial charge in [0, 0.05) is 0 Å². The number of nitrogens with zero attached hydrogens (tertiary/aromatic N) is 1. The van der Waals surface area contributed by atoms with Crippen molar-refractivity contribution in [2.45, 2.75) is 4.90 Å². The van der Waals surface area contributed by atoms with Gasteiger partial charge in [0.15, 0.2) is 5.75 Å². The first-order chi connectivity index (χ1) is 6.59. The minimum absolute atomic E-state index is 0.000231. The molecule has 0 fully saturated rings. The zero-order valence-electron chi connectivity index (χ0n) is 6.97. The van der Waals surface area contributed by atoms with Gasteiger partial charge in [-0.1, -0.05) is 6.07 Å². The molecule has 0 atom stereocenters. The summed E-state index contributed by atoms with van der Waals surface area (Å²) in [5.41, 5.74) is 2.61. The van der Waals surface area contributed by atoms with Gasteiger partial charge in [-0.15, -0.1) is 5.59 Å². The summed E-state index contributed by atoms with van der Waals surface area (Å²) in [5.74, 6) is 0.381. The van der Waals surface area contributed by atoms with E-state index < -0.39 is 10.0 Å². The van der Waals surface area contributed by atoms with Crippen LogP contribution in [0.3, 0.4) is 0 Å². The molecule has 0 saturated heterocycles. The van der Waals surface area contributed by atoms with E-state index in [2.05, 4.69) is 10.7 Å². The lowest BCUT2D eigenvalue weighted by molar-refractivity contribution is 0.196. The molecule has 0 radical (unpaired) electrons. The van der Waals surface area contributed by atoms with Crippen molar-refractivity contribution in [1.82, 2.24) is 5.59 Å². The van der Waals surface area contributed by atoms with E-state index >= 15 is 0 Å². The van der Waals surface area contributed by atoms with Crippen LogP contribution in [0.25, 0.3) is 0 Å². The second kappa shape index (κ2) is 2.96. The Kier molecular flexibility index (Phi) is 1.90. The number of hydrazone groups is 1. The minimum atomic E-state index is -3.74. The molecular formula is C7H7N3O3S. The van der Waals surface area contributed by atoms with Crippen molar-refractivity contribution in [2.75, 3.05) is 0 Å². The van der Waals surface area contributed by atoms with Crippen molar-refractivity contribution in [2.24, 2.45) is 10.2 Å². The molecule has 14 heavy (non-hydrogen) atoms. The highest BCUT2D eigenvalue weighted by Gasteiger charge is 2.18. The highest BCUT2D eigenvalue weighted by Crippen LogP contribution is 2.24. The molecule has 0 aliphatic carbocycles. The maximum absolute atomic E-state index is 11.1. The third-order valence-corrected chi connectivity index (χ3v) is 2.70. The lowest BCUT2D eigenvalue weighted by Gasteiger charge is -2.13. The number of primary sulfonamides is 1. The van der Waals surface area contributed by atoms with E-state index in [1.54, 1.807) is 12.1 Å². The second-order valence-corrected chi connectivity index (χ2v) is 4.19. The summed E-state index contributed by atoms with van der Waals surface area (Å²) >= 11 is 0. The van der Waals surface area contributed by atoms with Gasteiger partial charge in [0.1, 0.15) is 0 Å². The van der Waals surface area contributed by atoms with Gasteiger partial charge in [0.2, 0.25) is 10.0 Å². The molecule has 1 aromatic rings. The molecular weight excluding hydrogens is 206 g/mol. The molecule has 1 aromatic carbocycles. The number of hydrogen-bond acceptors (Lipinski definition) is 5. The molecule has 1 aliphatic rings. The summed E-state index contributed by atoms with van der Waals surface area (Å²) in [6.45, 7) is 0. The van der Waals surface area contributed by atoms with Crippen LogP contribution in [0.4, 0.5) is 0 Å². The largest absolute Gasteiger partial charge is 0.364 e. The summed E-state index contributed by atoms with van der Waals surface area (Å²) in [6, 6.07) is 4.55. The van der Waals surface area contributed by atoms with Crippen molar-refractivity contribution in [3.05, 3.63) is 23.8 Å². The monoisotopic (exact) mass is 213 g/mol. The van der Waals surface area contributed by atoms with Crippen LogP contribution in [0.15, 0.2) is 28.2 Å². The van der Waals surface area contributed by atoms with Crippen LogP contribution in [-0.4, -0.2) is 14.6 Å². The fourth-order valence-corrected chi connectivity index (χ4v) is 1.88. The normalized spacial score (nSPS) is 14.1. The number of fused-ring (bicyclic) bond motifs is 1. The zero-order valence-corrected chi connectivity index (χ0v) is 7.78. The summed E-state index contributed by atoms with van der Waals surface area (Å²) < 4.78 is 22.3. The predicted molar refractivity (Wildman–Crippen MR) is 49.2 cm³/mol. The quantitative estimate of drug-likeness (QED) is 0.661. The molecule has 0 spiro atoms. The zero-order chi connectivity index (χ0) is 10.2. The van der Waals surface area contributed by atoms with E-state index in [0.717, 1.165) is 0 Å². The third-order valence-electron chi connectivity index (χ3n) is 1.73. The average molecular weight is 213 g/mol. The number of sulfonamides is 1. The Morgan fingerprint density at radius 1 is 1.43 bits per heavy atom. The fraction of sp³-hybridized carbons (Fsp3) is 0. The predicted octanol–water partition coefficient (Wildman–Crippen LogP) is -0.435. The molecule has 0 saturated carbocycles. The molecule has 1 heterocycles. The first-order valence-electron chi connectivity index (χ1n) is 3.70. The summed E-state index contributed by atoms with van der Waals surface area (Å²) in [4.78, 5) is 4.89. The molecule has 0 bridgehead atoms. The number of hydrogen-bond donors (Lipinski definition) is 2. The highest BCUT2D eigenvalue weighted by atomic mass is 32.2. The fourth-order valence-electron chi connectivity index (χ4n) is 1.15. The van der Waals surface area contributed by atoms with Gasteiger partial charge in [-0.3, -0.25) is 0 Å². The van der Waals surface area contributed by atoms with Crippen LogP contribution in [0.1, 0.15) is 5.56 Å². The van der Waals surface area contributed by atoms with Crippen LogP contribution in [0, 0.1) is 0 Å². The molecule has 0 aromatic heterocycles. The SMILES string of the molecule is NS(=O)(=O)c1cccc2c1C=NNO2. The highest BCUT2D eigenvalue weighted by molar-refractivity contribution is 7.89. The lowest BCUT2D eigenvalue weighted by Crippen LogP contribution is -2.21. The van der Waals surface area contributed by atoms with E-state index in [9.17, 15) is 8.42 Å². The first-order valence-corrected chi connectivity index (χ1v) is 5.24. The van der Waals surface area contributed by atoms with Crippen molar-refractivity contribution >= 4 is 16.2 Å². The van der Waals surface area contributed by atoms with Crippen LogP contribution in [0.5, 0.6) is 5.75 Å². The third kappa shape index (κ3) is 1.42. The van der Waals surface area contributed by atoms with Gasteiger partial charge in [-0.25, -0.2) is 13.6 Å². The molecule has 74 valence electrons. The number of benzene rings is 1. The van der Waals surface area contributed by atoms with Crippen molar-refractivity contribution in [1.29, 1.82) is 0 Å². The molecule has 0 unspecified atom stereocenters. The van der Waals surface area contributed by atoms with Crippen LogP contribution in [-0.2, 0) is 10.0 Å². The van der Waals surface area contributed by atoms with Crippen LogP contribution >= 0.6 is 0 Å². The Bertz CT molecular complexity index is 495. The molecule has 0 amide bonds. The van der Waals surface area contributed by atoms with E-state index in [0.29, 0.717) is 11.3 Å². The number of rotatable bonds is 1. The van der Waals surface area contributed by atoms with E-state index in [1.807, 2.05) is 0 Å². The first kappa shape index (κ1) is 8.97. The van der Waals surface area contributed by atoms with E-state index in [1.165, 1.54) is 12.3 Å². The number of nitrogens with two attached hydrogens (primary N) is 1. The smallest absolute Gasteiger partial charge is 0.238 e. The maximum atomic E-state index is 11.1. The molecule has 2 rings (SSSR count). The average Bonchev–Trinajstić information content (AvgIpc) is 2.15. The van der Waals surface area contributed by atoms with Gasteiger partial charge in [0.25, 0.3) is 0 Å². The summed E-state index contributed by atoms with van der Waals surface area (Å²) in [5, 5.41) is 8.59. The van der Waals surface area contributed by atoms with Crippen LogP contribution < -0.4 is 15.6 Å². The van der Waals surface area contributed by atoms with Gasteiger partial charge in [0.05, 0.1) is 16.7 Å². The second-order valence-electron chi connectivity index (χ2n) is 2.66. The number of nitrogens with one attached hydrogen (secondary N) is 1. The molecule has 1 aliphatic heterocycles. The van der Waals surface area contributed by atoms with Gasteiger partial charge >= 0.3 is 0 Å². The topological polar surface area (TPSA) is 93.8 Å². The van der Waals surface area contributed by atoms with Crippen LogP contribution in [0.2, 0.25) is 0 Å². The maximum Gasteiger partial charge on any atom is 0.238 e. The Balaban J connectivity index is 2.71. The van der Waals surface area contributed by atoms with Gasteiger partial charge in [-0.2, -0.15) is 5.10 Å². The molecule has 7 heteroatoms. The Labute approximate surface area is 80.4 Å². The Hall–Kier alpha value is -1.60. The lowest BCUT2D eigenvalue weighted by atomic mass is 10.2. The van der Waals surface area contributed by atoms with E-state index in [-0.39, 0.29) is 4.90 Å². The molecule has 3 N–H and O–H groups in total. The Morgan fingerprint density at radius 3 is 2.93 bits per heavy atom. The van der Waals surface area contributed by atoms with Gasteiger partial charge in [-0.05, 0) is 12.1 Å². The minimum Gasteiger partial charge on any atom is -0.364 e.